The smallest absolute Gasteiger partial charge is 0.226 e. The van der Waals surface area contributed by atoms with Crippen molar-refractivity contribution >= 4 is 23.6 Å². The third-order valence-electron chi connectivity index (χ3n) is 11.8. The Balaban J connectivity index is 1.77. The van der Waals surface area contributed by atoms with E-state index < -0.39 is 11.0 Å². The van der Waals surface area contributed by atoms with Crippen molar-refractivity contribution in [3.8, 4) is 37.0 Å². The molecule has 63 heavy (non-hydrogen) atoms. The quantitative estimate of drug-likeness (QED) is 0.0535. The van der Waals surface area contributed by atoms with E-state index in [9.17, 15) is 19.2 Å². The maximum absolute atomic E-state index is 15.0. The molecular weight excluding hydrogens is 813 g/mol. The summed E-state index contributed by atoms with van der Waals surface area (Å²) in [5.74, 6) is 6.34. The lowest BCUT2D eigenvalue weighted by Crippen LogP contribution is -2.79. The first-order valence-electron chi connectivity index (χ1n) is 22.5. The summed E-state index contributed by atoms with van der Waals surface area (Å²) in [4.78, 5) is 61.6. The molecule has 0 aromatic heterocycles. The van der Waals surface area contributed by atoms with Gasteiger partial charge in [0.05, 0.1) is 70.9 Å². The summed E-state index contributed by atoms with van der Waals surface area (Å²) in [5.41, 5.74) is -2.05. The molecule has 4 fully saturated rings. The second-order valence-electron chi connectivity index (χ2n) is 16.9. The maximum Gasteiger partial charge on any atom is 0.226 e. The molecule has 4 rings (SSSR count). The van der Waals surface area contributed by atoms with E-state index in [0.717, 1.165) is 12.8 Å². The molecule has 1 unspecified atom stereocenters. The Bertz CT molecular complexity index is 1410. The summed E-state index contributed by atoms with van der Waals surface area (Å²) in [5, 5.41) is 16.3. The molecule has 1 atom stereocenters. The van der Waals surface area contributed by atoms with E-state index in [1.165, 1.54) is 0 Å². The van der Waals surface area contributed by atoms with Crippen LogP contribution in [0.15, 0.2) is 0 Å². The van der Waals surface area contributed by atoms with Crippen molar-refractivity contribution in [2.45, 2.75) is 128 Å². The van der Waals surface area contributed by atoms with Crippen molar-refractivity contribution in [3.63, 3.8) is 0 Å². The third kappa shape index (κ3) is 17.9. The summed E-state index contributed by atoms with van der Waals surface area (Å²) < 4.78 is 32.3. The first-order chi connectivity index (χ1) is 30.4. The van der Waals surface area contributed by atoms with Gasteiger partial charge in [0.15, 0.2) is 0 Å². The largest absolute Gasteiger partial charge is 0.377 e. The van der Waals surface area contributed by atoms with Gasteiger partial charge in [0.1, 0.15) is 25.4 Å². The summed E-state index contributed by atoms with van der Waals surface area (Å²) in [6.07, 6.45) is 19.7. The number of carbonyl (C=O) groups excluding carboxylic acids is 4. The molecule has 17 nitrogen and oxygen atoms in total. The number of hydrazine groups is 1. The van der Waals surface area contributed by atoms with Gasteiger partial charge in [0, 0.05) is 56.5 Å². The van der Waals surface area contributed by atoms with Crippen LogP contribution in [-0.4, -0.2) is 162 Å². The molecule has 354 valence electrons. The maximum atomic E-state index is 15.0. The molecule has 0 radical (unpaired) electrons. The van der Waals surface area contributed by atoms with Crippen molar-refractivity contribution in [3.05, 3.63) is 0 Å². The van der Waals surface area contributed by atoms with Gasteiger partial charge in [-0.05, 0) is 79.1 Å². The van der Waals surface area contributed by atoms with E-state index in [0.29, 0.717) is 58.9 Å². The number of nitrogens with one attached hydrogen (secondary N) is 4. The number of nitrogens with zero attached hydrogens (tertiary/aromatic N) is 2. The lowest BCUT2D eigenvalue weighted by molar-refractivity contribution is -0.497. The van der Waals surface area contributed by atoms with Crippen LogP contribution in [0.25, 0.3) is 0 Å². The lowest BCUT2D eigenvalue weighted by atomic mass is 9.54. The number of hydroxylamine groups is 1. The Hall–Kier alpha value is -3.80. The summed E-state index contributed by atoms with van der Waals surface area (Å²) in [7, 11) is 0. The van der Waals surface area contributed by atoms with Crippen LogP contribution in [0.2, 0.25) is 0 Å². The van der Waals surface area contributed by atoms with Crippen LogP contribution in [0, 0.1) is 42.4 Å². The first kappa shape index (κ1) is 53.5. The molecule has 3 aliphatic carbocycles. The average molecular weight is 887 g/mol. The Kier molecular flexibility index (Phi) is 24.5. The van der Waals surface area contributed by atoms with Crippen molar-refractivity contribution in [1.29, 1.82) is 0 Å². The highest BCUT2D eigenvalue weighted by atomic mass is 16.8. The Morgan fingerprint density at radius 2 is 1.02 bits per heavy atom. The molecule has 0 aromatic rings. The van der Waals surface area contributed by atoms with Gasteiger partial charge < -0.3 is 49.7 Å². The molecule has 1 heterocycles. The van der Waals surface area contributed by atoms with E-state index in [1.807, 2.05) is 5.17 Å². The SMILES string of the molecule is C#CCOCCOCCNC(=O)CCC(CCC(=O)NCCOCCOCC#C)(CCC(=O)NCCOCCOCC#C)NC(=O)C12CCC3(CC1)ON(N(C(C)C)C(C)C)C3C2. The number of amides is 4. The van der Waals surface area contributed by atoms with Crippen LogP contribution in [0.1, 0.15) is 98.3 Å². The Labute approximate surface area is 375 Å². The van der Waals surface area contributed by atoms with Crippen molar-refractivity contribution in [2.75, 3.05) is 98.9 Å². The van der Waals surface area contributed by atoms with E-state index in [1.54, 1.807) is 0 Å². The van der Waals surface area contributed by atoms with Gasteiger partial charge in [0.2, 0.25) is 23.6 Å². The zero-order chi connectivity index (χ0) is 46.0. The number of rotatable bonds is 35. The van der Waals surface area contributed by atoms with Crippen LogP contribution in [0.4, 0.5) is 0 Å². The Morgan fingerprint density at radius 1 is 0.635 bits per heavy atom. The molecule has 4 aliphatic rings. The fraction of sp³-hybridized carbons (Fsp3) is 0.783. The highest BCUT2D eigenvalue weighted by molar-refractivity contribution is 5.85. The fourth-order valence-corrected chi connectivity index (χ4v) is 8.56. The van der Waals surface area contributed by atoms with Gasteiger partial charge in [-0.1, -0.05) is 17.8 Å². The van der Waals surface area contributed by atoms with Gasteiger partial charge >= 0.3 is 0 Å². The fourth-order valence-electron chi connectivity index (χ4n) is 8.56. The zero-order valence-electron chi connectivity index (χ0n) is 38.2. The molecule has 17 heteroatoms. The van der Waals surface area contributed by atoms with E-state index >= 15 is 0 Å². The highest BCUT2D eigenvalue weighted by Crippen LogP contribution is 2.61. The van der Waals surface area contributed by atoms with Crippen LogP contribution in [0.5, 0.6) is 0 Å². The topological polar surface area (TPSA) is 187 Å². The molecule has 1 saturated heterocycles. The van der Waals surface area contributed by atoms with Crippen LogP contribution >= 0.6 is 0 Å². The van der Waals surface area contributed by atoms with E-state index in [4.69, 9.17) is 52.5 Å². The number of terminal acetylenes is 3. The second-order valence-corrected chi connectivity index (χ2v) is 16.9. The molecule has 4 amide bonds. The Morgan fingerprint density at radius 3 is 1.38 bits per heavy atom. The number of hydrogen-bond acceptors (Lipinski definition) is 13. The normalized spacial score (nSPS) is 20.3. The molecule has 1 aliphatic heterocycles. The molecule has 1 spiro atoms. The lowest BCUT2D eigenvalue weighted by Gasteiger charge is -2.68. The predicted molar refractivity (Wildman–Crippen MR) is 236 cm³/mol. The van der Waals surface area contributed by atoms with Gasteiger partial charge in [-0.25, -0.2) is 5.01 Å². The van der Waals surface area contributed by atoms with E-state index in [-0.39, 0.29) is 145 Å². The average Bonchev–Trinajstić information content (AvgIpc) is 3.26. The van der Waals surface area contributed by atoms with Gasteiger partial charge in [0.25, 0.3) is 0 Å². The predicted octanol–water partition coefficient (Wildman–Crippen LogP) is 1.88. The summed E-state index contributed by atoms with van der Waals surface area (Å²) in [6.45, 7) is 12.8. The number of ether oxygens (including phenoxy) is 6. The molecule has 3 saturated carbocycles. The van der Waals surface area contributed by atoms with E-state index in [2.05, 4.69) is 71.7 Å². The molecule has 2 bridgehead atoms. The van der Waals surface area contributed by atoms with Crippen LogP contribution in [-0.2, 0) is 52.4 Å². The number of hydrogen-bond donors (Lipinski definition) is 4. The third-order valence-corrected chi connectivity index (χ3v) is 11.8. The van der Waals surface area contributed by atoms with Crippen LogP contribution < -0.4 is 21.3 Å². The highest BCUT2D eigenvalue weighted by Gasteiger charge is 2.68. The van der Waals surface area contributed by atoms with Gasteiger partial charge in [-0.3, -0.25) is 24.0 Å². The minimum absolute atomic E-state index is 0.0376. The van der Waals surface area contributed by atoms with Crippen molar-refractivity contribution in [2.24, 2.45) is 5.41 Å². The first-order valence-corrected chi connectivity index (χ1v) is 22.5. The minimum Gasteiger partial charge on any atom is -0.377 e. The summed E-state index contributed by atoms with van der Waals surface area (Å²) in [6, 6.07) is 0.430. The zero-order valence-corrected chi connectivity index (χ0v) is 38.2. The second kappa shape index (κ2) is 28.9. The minimum atomic E-state index is -1.08. The van der Waals surface area contributed by atoms with Gasteiger partial charge in [-0.2, -0.15) is 0 Å². The molecule has 0 aromatic carbocycles. The molecule has 4 N–H and O–H groups in total. The standard InChI is InChI=1S/C46H74N6O11/c1-8-24-57-30-33-60-27-21-47-40(53)11-14-45(15-12-41(54)48-22-28-61-34-31-58-25-9-2,16-13-42(55)49-23-29-62-35-32-59-26-10-3)50-43(56)44-17-19-46(20-18-44)39(36-44)52(63-46)51(37(4)5)38(6)7/h1-3,37-39H,11-36H2,4-7H3,(H,47,53)(H,48,54)(H,49,55)(H,50,56). The van der Waals surface area contributed by atoms with Crippen molar-refractivity contribution < 1.29 is 52.4 Å². The van der Waals surface area contributed by atoms with Crippen molar-refractivity contribution in [1.82, 2.24) is 31.4 Å². The number of carbonyl (C=O) groups is 4. The number of fused-ring (bicyclic) bond motifs is 2. The monoisotopic (exact) mass is 887 g/mol. The summed E-state index contributed by atoms with van der Waals surface area (Å²) >= 11 is 0. The van der Waals surface area contributed by atoms with Gasteiger partial charge in [-0.15, -0.1) is 24.4 Å². The molecular formula is C46H74N6O11. The van der Waals surface area contributed by atoms with Crippen LogP contribution in [0.3, 0.4) is 0 Å².